The molecule has 0 spiro atoms. The van der Waals surface area contributed by atoms with E-state index < -0.39 is 12.2 Å². The molecule has 0 amide bonds. The zero-order valence-corrected chi connectivity index (χ0v) is 15.0. The lowest BCUT2D eigenvalue weighted by Gasteiger charge is -2.08. The highest BCUT2D eigenvalue weighted by atomic mass is 16.5. The quantitative estimate of drug-likeness (QED) is 0.269. The molecular formula is C19H36O4. The van der Waals surface area contributed by atoms with Crippen molar-refractivity contribution in [3.63, 3.8) is 0 Å². The Bertz CT molecular complexity index is 302. The topological polar surface area (TPSA) is 66.8 Å². The van der Waals surface area contributed by atoms with Crippen molar-refractivity contribution < 1.29 is 19.7 Å². The van der Waals surface area contributed by atoms with Gasteiger partial charge in [0, 0.05) is 6.42 Å². The van der Waals surface area contributed by atoms with Gasteiger partial charge in [0.15, 0.2) is 0 Å². The summed E-state index contributed by atoms with van der Waals surface area (Å²) in [5.41, 5.74) is 0. The van der Waals surface area contributed by atoms with E-state index in [1.165, 1.54) is 26.4 Å². The summed E-state index contributed by atoms with van der Waals surface area (Å²) >= 11 is 0. The van der Waals surface area contributed by atoms with Gasteiger partial charge >= 0.3 is 5.97 Å². The second-order valence-corrected chi connectivity index (χ2v) is 6.25. The van der Waals surface area contributed by atoms with E-state index in [0.29, 0.717) is 6.42 Å². The van der Waals surface area contributed by atoms with Gasteiger partial charge in [0.1, 0.15) is 0 Å². The average Bonchev–Trinajstić information content (AvgIpc) is 2.55. The molecule has 2 atom stereocenters. The maximum absolute atomic E-state index is 10.9. The number of esters is 1. The molecule has 0 aliphatic heterocycles. The van der Waals surface area contributed by atoms with Crippen molar-refractivity contribution >= 4 is 5.97 Å². The molecule has 136 valence electrons. The zero-order chi connectivity index (χ0) is 17.3. The molecule has 0 heterocycles. The van der Waals surface area contributed by atoms with Crippen molar-refractivity contribution in [2.75, 3.05) is 7.11 Å². The maximum atomic E-state index is 10.9. The number of rotatable bonds is 15. The number of carbonyl (C=O) groups excluding carboxylic acids is 1. The molecule has 0 aliphatic carbocycles. The SMILES string of the molecule is CCCCCC[C@H](O)/C=C/[C@H](O)CCCCCCCC(=O)OC. The average molecular weight is 328 g/mol. The first kappa shape index (κ1) is 22.1. The summed E-state index contributed by atoms with van der Waals surface area (Å²) < 4.78 is 4.59. The summed E-state index contributed by atoms with van der Waals surface area (Å²) in [6, 6.07) is 0. The Morgan fingerprint density at radius 2 is 1.35 bits per heavy atom. The van der Waals surface area contributed by atoms with Crippen molar-refractivity contribution in [1.82, 2.24) is 0 Å². The fourth-order valence-corrected chi connectivity index (χ4v) is 2.48. The fraction of sp³-hybridized carbons (Fsp3) is 0.842. The van der Waals surface area contributed by atoms with Gasteiger partial charge in [0.05, 0.1) is 19.3 Å². The van der Waals surface area contributed by atoms with Crippen molar-refractivity contribution in [3.8, 4) is 0 Å². The van der Waals surface area contributed by atoms with Crippen LogP contribution in [0.15, 0.2) is 12.2 Å². The van der Waals surface area contributed by atoms with E-state index in [9.17, 15) is 15.0 Å². The Hall–Kier alpha value is -0.870. The highest BCUT2D eigenvalue weighted by Gasteiger charge is 2.03. The number of carbonyl (C=O) groups is 1. The third kappa shape index (κ3) is 15.8. The minimum absolute atomic E-state index is 0.140. The number of ether oxygens (including phenoxy) is 1. The molecule has 0 aromatic heterocycles. The van der Waals surface area contributed by atoms with Gasteiger partial charge in [-0.1, -0.05) is 70.4 Å². The number of hydrogen-bond acceptors (Lipinski definition) is 4. The summed E-state index contributed by atoms with van der Waals surface area (Å²) in [6.07, 6.45) is 14.2. The van der Waals surface area contributed by atoms with E-state index in [1.807, 2.05) is 0 Å². The summed E-state index contributed by atoms with van der Waals surface area (Å²) in [4.78, 5) is 10.9. The molecule has 0 bridgehead atoms. The van der Waals surface area contributed by atoms with E-state index in [1.54, 1.807) is 12.2 Å². The molecule has 4 heteroatoms. The Labute approximate surface area is 141 Å². The minimum Gasteiger partial charge on any atom is -0.469 e. The first-order valence-electron chi connectivity index (χ1n) is 9.21. The molecule has 0 aliphatic rings. The summed E-state index contributed by atoms with van der Waals surface area (Å²) in [6.45, 7) is 2.17. The molecule has 0 radical (unpaired) electrons. The predicted molar refractivity (Wildman–Crippen MR) is 94.2 cm³/mol. The summed E-state index contributed by atoms with van der Waals surface area (Å²) in [5.74, 6) is -0.140. The van der Waals surface area contributed by atoms with Gasteiger partial charge in [-0.2, -0.15) is 0 Å². The lowest BCUT2D eigenvalue weighted by Crippen LogP contribution is -2.06. The van der Waals surface area contributed by atoms with E-state index in [4.69, 9.17) is 0 Å². The summed E-state index contributed by atoms with van der Waals surface area (Å²) in [5, 5.41) is 19.7. The van der Waals surface area contributed by atoms with Crippen LogP contribution in [-0.2, 0) is 9.53 Å². The minimum atomic E-state index is -0.463. The third-order valence-electron chi connectivity index (χ3n) is 4.02. The Morgan fingerprint density at radius 1 is 0.870 bits per heavy atom. The van der Waals surface area contributed by atoms with Crippen LogP contribution >= 0.6 is 0 Å². The van der Waals surface area contributed by atoms with Crippen LogP contribution in [0.4, 0.5) is 0 Å². The lowest BCUT2D eigenvalue weighted by molar-refractivity contribution is -0.140. The highest BCUT2D eigenvalue weighted by Crippen LogP contribution is 2.11. The maximum Gasteiger partial charge on any atom is 0.305 e. The van der Waals surface area contributed by atoms with Gasteiger partial charge in [-0.25, -0.2) is 0 Å². The fourth-order valence-electron chi connectivity index (χ4n) is 2.48. The molecule has 0 fully saturated rings. The van der Waals surface area contributed by atoms with E-state index in [0.717, 1.165) is 51.4 Å². The van der Waals surface area contributed by atoms with Crippen molar-refractivity contribution in [2.24, 2.45) is 0 Å². The Balaban J connectivity index is 3.49. The van der Waals surface area contributed by atoms with Gasteiger partial charge in [-0.3, -0.25) is 4.79 Å². The van der Waals surface area contributed by atoms with Crippen LogP contribution in [0.3, 0.4) is 0 Å². The first-order valence-corrected chi connectivity index (χ1v) is 9.21. The molecule has 4 nitrogen and oxygen atoms in total. The largest absolute Gasteiger partial charge is 0.469 e. The van der Waals surface area contributed by atoms with Crippen LogP contribution in [0, 0.1) is 0 Å². The highest BCUT2D eigenvalue weighted by molar-refractivity contribution is 5.68. The summed E-state index contributed by atoms with van der Waals surface area (Å²) in [7, 11) is 1.42. The van der Waals surface area contributed by atoms with Crippen LogP contribution in [0.2, 0.25) is 0 Å². The molecule has 0 aromatic rings. The molecule has 0 aromatic carbocycles. The number of aliphatic hydroxyl groups excluding tert-OH is 2. The van der Waals surface area contributed by atoms with Gasteiger partial charge in [0.2, 0.25) is 0 Å². The normalized spacial score (nSPS) is 14.1. The second-order valence-electron chi connectivity index (χ2n) is 6.25. The molecular weight excluding hydrogens is 292 g/mol. The van der Waals surface area contributed by atoms with Gasteiger partial charge in [-0.05, 0) is 19.3 Å². The molecule has 0 saturated heterocycles. The molecule has 2 N–H and O–H groups in total. The number of methoxy groups -OCH3 is 1. The van der Waals surface area contributed by atoms with E-state index in [-0.39, 0.29) is 5.97 Å². The zero-order valence-electron chi connectivity index (χ0n) is 15.0. The Kier molecular flexibility index (Phi) is 15.4. The number of unbranched alkanes of at least 4 members (excludes halogenated alkanes) is 7. The lowest BCUT2D eigenvalue weighted by atomic mass is 10.1. The first-order chi connectivity index (χ1) is 11.1. The third-order valence-corrected chi connectivity index (χ3v) is 4.02. The second kappa shape index (κ2) is 16.0. The predicted octanol–water partition coefficient (Wildman–Crippen LogP) is 4.14. The van der Waals surface area contributed by atoms with Gasteiger partial charge in [0.25, 0.3) is 0 Å². The smallest absolute Gasteiger partial charge is 0.305 e. The van der Waals surface area contributed by atoms with Crippen molar-refractivity contribution in [3.05, 3.63) is 12.2 Å². The van der Waals surface area contributed by atoms with Gasteiger partial charge < -0.3 is 14.9 Å². The molecule has 23 heavy (non-hydrogen) atoms. The molecule has 0 unspecified atom stereocenters. The molecule has 0 saturated carbocycles. The van der Waals surface area contributed by atoms with Crippen LogP contribution in [0.1, 0.15) is 84.0 Å². The Morgan fingerprint density at radius 3 is 1.87 bits per heavy atom. The van der Waals surface area contributed by atoms with E-state index in [2.05, 4.69) is 11.7 Å². The van der Waals surface area contributed by atoms with Crippen LogP contribution in [0.5, 0.6) is 0 Å². The number of hydrogen-bond donors (Lipinski definition) is 2. The van der Waals surface area contributed by atoms with Crippen molar-refractivity contribution in [1.29, 1.82) is 0 Å². The van der Waals surface area contributed by atoms with Crippen LogP contribution < -0.4 is 0 Å². The van der Waals surface area contributed by atoms with Crippen LogP contribution in [-0.4, -0.2) is 35.5 Å². The van der Waals surface area contributed by atoms with Gasteiger partial charge in [-0.15, -0.1) is 0 Å². The standard InChI is InChI=1S/C19H36O4/c1-3-4-5-9-12-17(20)15-16-18(21)13-10-7-6-8-11-14-19(22)23-2/h15-18,20-21H,3-14H2,1-2H3/b16-15+/t17-,18+/m0/s1. The molecule has 0 rings (SSSR count). The van der Waals surface area contributed by atoms with E-state index >= 15 is 0 Å². The van der Waals surface area contributed by atoms with Crippen molar-refractivity contribution in [2.45, 2.75) is 96.2 Å². The number of aliphatic hydroxyl groups is 2. The van der Waals surface area contributed by atoms with Crippen LogP contribution in [0.25, 0.3) is 0 Å². The monoisotopic (exact) mass is 328 g/mol.